The first-order valence-electron chi connectivity index (χ1n) is 8.92. The minimum atomic E-state index is -4.72. The van der Waals surface area contributed by atoms with Crippen LogP contribution >= 0.6 is 11.6 Å². The third-order valence-corrected chi connectivity index (χ3v) is 6.87. The van der Waals surface area contributed by atoms with Crippen LogP contribution < -0.4 is 5.32 Å². The average molecular weight is 465 g/mol. The highest BCUT2D eigenvalue weighted by Crippen LogP contribution is 2.37. The molecule has 1 heterocycles. The molecule has 0 radical (unpaired) electrons. The predicted molar refractivity (Wildman–Crippen MR) is 103 cm³/mol. The minimum absolute atomic E-state index is 0.123. The van der Waals surface area contributed by atoms with Gasteiger partial charge in [-0.2, -0.15) is 17.5 Å². The summed E-state index contributed by atoms with van der Waals surface area (Å²) < 4.78 is 79.4. The van der Waals surface area contributed by atoms with Gasteiger partial charge in [-0.05, 0) is 55.3 Å². The maximum absolute atomic E-state index is 13.2. The topological polar surface area (TPSA) is 66.5 Å². The summed E-state index contributed by atoms with van der Waals surface area (Å²) in [4.78, 5) is 12.5. The maximum Gasteiger partial charge on any atom is 0.418 e. The Balaban J connectivity index is 1.78. The highest BCUT2D eigenvalue weighted by Gasteiger charge is 2.36. The van der Waals surface area contributed by atoms with Gasteiger partial charge in [0.1, 0.15) is 5.82 Å². The Hall–Kier alpha value is -2.17. The van der Waals surface area contributed by atoms with E-state index in [9.17, 15) is 30.8 Å². The molecule has 0 spiro atoms. The molecule has 0 aromatic heterocycles. The summed E-state index contributed by atoms with van der Waals surface area (Å²) >= 11 is 5.64. The summed E-state index contributed by atoms with van der Waals surface area (Å²) in [7, 11) is -3.97. The van der Waals surface area contributed by atoms with Crippen molar-refractivity contribution in [2.24, 2.45) is 5.92 Å². The van der Waals surface area contributed by atoms with E-state index in [0.29, 0.717) is 18.9 Å². The minimum Gasteiger partial charge on any atom is -0.325 e. The highest BCUT2D eigenvalue weighted by molar-refractivity contribution is 7.89. The lowest BCUT2D eigenvalue weighted by molar-refractivity contribution is -0.137. The first kappa shape index (κ1) is 22.5. The molecular weight excluding hydrogens is 448 g/mol. The summed E-state index contributed by atoms with van der Waals surface area (Å²) in [6.07, 6.45) is -4.06. The number of halogens is 5. The number of hydrogen-bond donors (Lipinski definition) is 1. The lowest BCUT2D eigenvalue weighted by Crippen LogP contribution is -2.43. The Morgan fingerprint density at radius 2 is 1.80 bits per heavy atom. The Morgan fingerprint density at radius 1 is 1.13 bits per heavy atom. The van der Waals surface area contributed by atoms with Gasteiger partial charge in [-0.1, -0.05) is 11.6 Å². The summed E-state index contributed by atoms with van der Waals surface area (Å²) in [5.41, 5.74) is -1.54. The van der Waals surface area contributed by atoms with Crippen LogP contribution in [0.3, 0.4) is 0 Å². The van der Waals surface area contributed by atoms with Crippen LogP contribution in [0.5, 0.6) is 0 Å². The zero-order valence-electron chi connectivity index (χ0n) is 15.4. The summed E-state index contributed by atoms with van der Waals surface area (Å²) in [6, 6.07) is 7.26. The number of piperidine rings is 1. The molecule has 162 valence electrons. The van der Waals surface area contributed by atoms with Gasteiger partial charge in [-0.25, -0.2) is 12.8 Å². The van der Waals surface area contributed by atoms with Gasteiger partial charge < -0.3 is 5.32 Å². The second kappa shape index (κ2) is 8.52. The van der Waals surface area contributed by atoms with E-state index in [1.165, 1.54) is 6.07 Å². The predicted octanol–water partition coefficient (Wildman–Crippen LogP) is 4.54. The number of rotatable bonds is 4. The number of amides is 1. The number of sulfonamides is 1. The number of carbonyl (C=O) groups excluding carboxylic acids is 1. The largest absolute Gasteiger partial charge is 0.418 e. The van der Waals surface area contributed by atoms with Gasteiger partial charge in [0.25, 0.3) is 0 Å². The average Bonchev–Trinajstić information content (AvgIpc) is 2.69. The van der Waals surface area contributed by atoms with E-state index in [1.54, 1.807) is 0 Å². The first-order valence-corrected chi connectivity index (χ1v) is 10.7. The van der Waals surface area contributed by atoms with E-state index in [2.05, 4.69) is 5.32 Å². The van der Waals surface area contributed by atoms with Crippen molar-refractivity contribution in [3.63, 3.8) is 0 Å². The summed E-state index contributed by atoms with van der Waals surface area (Å²) in [6.45, 7) is -0.0429. The lowest BCUT2D eigenvalue weighted by Gasteiger charge is -2.31. The van der Waals surface area contributed by atoms with Gasteiger partial charge in [0.05, 0.1) is 22.1 Å². The molecule has 0 saturated carbocycles. The van der Waals surface area contributed by atoms with Crippen LogP contribution in [0.15, 0.2) is 47.4 Å². The number of anilines is 1. The molecule has 1 aliphatic rings. The fraction of sp³-hybridized carbons (Fsp3) is 0.316. The molecule has 5 nitrogen and oxygen atoms in total. The van der Waals surface area contributed by atoms with Crippen LogP contribution in [0.1, 0.15) is 18.4 Å². The molecule has 0 bridgehead atoms. The van der Waals surface area contributed by atoms with E-state index in [0.717, 1.165) is 34.6 Å². The van der Waals surface area contributed by atoms with Crippen LogP contribution in [0, 0.1) is 11.7 Å². The number of nitrogens with zero attached hydrogens (tertiary/aromatic N) is 1. The van der Waals surface area contributed by atoms with Gasteiger partial charge in [0.15, 0.2) is 0 Å². The number of nitrogens with one attached hydrogen (secondary N) is 1. The van der Waals surface area contributed by atoms with E-state index in [1.807, 2.05) is 0 Å². The molecule has 2 aromatic carbocycles. The second-order valence-corrected chi connectivity index (χ2v) is 9.21. The van der Waals surface area contributed by atoms with Crippen molar-refractivity contribution >= 4 is 33.2 Å². The molecule has 1 saturated heterocycles. The number of carbonyl (C=O) groups is 1. The highest BCUT2D eigenvalue weighted by atomic mass is 35.5. The van der Waals surface area contributed by atoms with Crippen molar-refractivity contribution in [2.75, 3.05) is 18.4 Å². The zero-order chi connectivity index (χ0) is 22.1. The molecular formula is C19H17ClF4N2O3S. The van der Waals surface area contributed by atoms with E-state index in [-0.39, 0.29) is 23.0 Å². The molecule has 3 rings (SSSR count). The van der Waals surface area contributed by atoms with Crippen molar-refractivity contribution in [2.45, 2.75) is 23.9 Å². The standard InChI is InChI=1S/C19H17ClF4N2O3S/c20-13-3-8-17(16(10-13)19(22,23)24)25-18(27)12-2-1-9-26(11-12)30(28,29)15-6-4-14(21)5-7-15/h3-8,10,12H,1-2,9,11H2,(H,25,27)/t12-/m1/s1. The van der Waals surface area contributed by atoms with Gasteiger partial charge in [-0.3, -0.25) is 4.79 Å². The van der Waals surface area contributed by atoms with Gasteiger partial charge >= 0.3 is 6.18 Å². The quantitative estimate of drug-likeness (QED) is 0.676. The normalized spacial score (nSPS) is 18.2. The van der Waals surface area contributed by atoms with Crippen molar-refractivity contribution < 1.29 is 30.8 Å². The summed E-state index contributed by atoms with van der Waals surface area (Å²) in [5, 5.41) is 2.11. The molecule has 1 aliphatic heterocycles. The Kier molecular flexibility index (Phi) is 6.40. The molecule has 0 unspecified atom stereocenters. The third kappa shape index (κ3) is 4.93. The molecule has 2 aromatic rings. The molecule has 1 fully saturated rings. The molecule has 1 N–H and O–H groups in total. The van der Waals surface area contributed by atoms with E-state index >= 15 is 0 Å². The van der Waals surface area contributed by atoms with Crippen LogP contribution in [-0.4, -0.2) is 31.7 Å². The number of hydrogen-bond acceptors (Lipinski definition) is 3. The van der Waals surface area contributed by atoms with Crippen molar-refractivity contribution in [1.29, 1.82) is 0 Å². The second-order valence-electron chi connectivity index (χ2n) is 6.83. The third-order valence-electron chi connectivity index (χ3n) is 4.75. The first-order chi connectivity index (χ1) is 14.0. The monoisotopic (exact) mass is 464 g/mol. The molecule has 0 aliphatic carbocycles. The Labute approximate surface area is 175 Å². The molecule has 1 atom stereocenters. The van der Waals surface area contributed by atoms with Crippen LogP contribution in [0.4, 0.5) is 23.2 Å². The van der Waals surface area contributed by atoms with Gasteiger partial charge in [0.2, 0.25) is 15.9 Å². The van der Waals surface area contributed by atoms with Crippen molar-refractivity contribution in [3.8, 4) is 0 Å². The van der Waals surface area contributed by atoms with Crippen LogP contribution in [0.2, 0.25) is 5.02 Å². The Bertz CT molecular complexity index is 1040. The molecule has 30 heavy (non-hydrogen) atoms. The lowest BCUT2D eigenvalue weighted by atomic mass is 9.98. The zero-order valence-corrected chi connectivity index (χ0v) is 17.0. The van der Waals surface area contributed by atoms with E-state index in [4.69, 9.17) is 11.6 Å². The number of benzene rings is 2. The summed E-state index contributed by atoms with van der Waals surface area (Å²) in [5.74, 6) is -2.15. The Morgan fingerprint density at radius 3 is 2.43 bits per heavy atom. The van der Waals surface area contributed by atoms with Gasteiger partial charge in [-0.15, -0.1) is 0 Å². The number of alkyl halides is 3. The smallest absolute Gasteiger partial charge is 0.325 e. The van der Waals surface area contributed by atoms with Crippen molar-refractivity contribution in [1.82, 2.24) is 4.31 Å². The molecule has 11 heteroatoms. The molecule has 1 amide bonds. The fourth-order valence-electron chi connectivity index (χ4n) is 3.23. The van der Waals surface area contributed by atoms with Crippen LogP contribution in [-0.2, 0) is 21.0 Å². The van der Waals surface area contributed by atoms with Gasteiger partial charge in [0, 0.05) is 18.1 Å². The fourth-order valence-corrected chi connectivity index (χ4v) is 4.92. The maximum atomic E-state index is 13.2. The van der Waals surface area contributed by atoms with Crippen LogP contribution in [0.25, 0.3) is 0 Å². The van der Waals surface area contributed by atoms with Crippen molar-refractivity contribution in [3.05, 3.63) is 58.9 Å². The van der Waals surface area contributed by atoms with E-state index < -0.39 is 45.1 Å². The SMILES string of the molecule is O=C(Nc1ccc(Cl)cc1C(F)(F)F)[C@@H]1CCCN(S(=O)(=O)c2ccc(F)cc2)C1.